The number of allylic oxidation sites excluding steroid dienone is 2. The molecule has 2 aromatic rings. The van der Waals surface area contributed by atoms with E-state index < -0.39 is 0 Å². The third kappa shape index (κ3) is 5.49. The summed E-state index contributed by atoms with van der Waals surface area (Å²) in [6, 6.07) is 11.2. The monoisotopic (exact) mass is 418 g/mol. The first-order valence-electron chi connectivity index (χ1n) is 12.1. The second-order valence-corrected chi connectivity index (χ2v) is 8.12. The zero-order chi connectivity index (χ0) is 22.9. The number of aryl methyl sites for hydroxylation is 1. The van der Waals surface area contributed by atoms with Gasteiger partial charge in [0.2, 0.25) is 0 Å². The molecule has 2 heterocycles. The molecule has 0 saturated carbocycles. The van der Waals surface area contributed by atoms with Gasteiger partial charge in [0.1, 0.15) is 0 Å². The minimum absolute atomic E-state index is 0.394. The predicted molar refractivity (Wildman–Crippen MR) is 138 cm³/mol. The molecule has 1 fully saturated rings. The van der Waals surface area contributed by atoms with Gasteiger partial charge in [0.25, 0.3) is 0 Å². The van der Waals surface area contributed by atoms with Crippen LogP contribution in [0.4, 0.5) is 0 Å². The van der Waals surface area contributed by atoms with E-state index in [9.17, 15) is 0 Å². The zero-order valence-electron chi connectivity index (χ0n) is 20.5. The number of nitrogens with one attached hydrogen (secondary N) is 1. The van der Waals surface area contributed by atoms with E-state index in [0.29, 0.717) is 11.6 Å². The molecule has 4 unspecified atom stereocenters. The van der Waals surface area contributed by atoms with Crippen LogP contribution in [0.2, 0.25) is 0 Å². The van der Waals surface area contributed by atoms with Gasteiger partial charge in [0, 0.05) is 35.3 Å². The van der Waals surface area contributed by atoms with Gasteiger partial charge in [-0.3, -0.25) is 4.90 Å². The van der Waals surface area contributed by atoms with Gasteiger partial charge in [0.05, 0.1) is 5.54 Å². The van der Waals surface area contributed by atoms with Crippen LogP contribution in [0.25, 0.3) is 12.7 Å². The summed E-state index contributed by atoms with van der Waals surface area (Å²) in [5.41, 5.74) is 3.18. The Labute approximate surface area is 190 Å². The number of hydrogen-bond donors (Lipinski definition) is 1. The maximum atomic E-state index is 4.09. The topological polar surface area (TPSA) is 18.8 Å². The van der Waals surface area contributed by atoms with E-state index in [-0.39, 0.29) is 0 Å². The smallest absolute Gasteiger partial charge is 0.0611 e. The fourth-order valence-electron chi connectivity index (χ4n) is 4.66. The van der Waals surface area contributed by atoms with Crippen LogP contribution in [0.15, 0.2) is 60.8 Å². The summed E-state index contributed by atoms with van der Waals surface area (Å²) in [5.74, 6) is 0.760. The normalized spacial score (nSPS) is 26.1. The van der Waals surface area contributed by atoms with Crippen LogP contribution in [-0.4, -0.2) is 28.0 Å². The van der Waals surface area contributed by atoms with E-state index in [1.807, 2.05) is 26.8 Å². The molecule has 0 radical (unpaired) electrons. The first-order valence-corrected chi connectivity index (χ1v) is 12.1. The van der Waals surface area contributed by atoms with Gasteiger partial charge in [0.15, 0.2) is 0 Å². The summed E-state index contributed by atoms with van der Waals surface area (Å²) in [6.45, 7) is 18.1. The molecule has 1 spiro atoms. The van der Waals surface area contributed by atoms with Gasteiger partial charge in [-0.15, -0.1) is 0 Å². The van der Waals surface area contributed by atoms with Crippen LogP contribution >= 0.6 is 0 Å². The maximum absolute atomic E-state index is 4.09. The number of nitrogens with zero attached hydrogens (tertiary/aromatic N) is 1. The molecule has 2 heteroatoms. The van der Waals surface area contributed by atoms with E-state index in [1.165, 1.54) is 22.8 Å². The fraction of sp³-hybridized carbons (Fsp3) is 0.448. The summed E-state index contributed by atoms with van der Waals surface area (Å²) >= 11 is 0. The van der Waals surface area contributed by atoms with Crippen molar-refractivity contribution in [1.29, 1.82) is 0 Å². The highest BCUT2D eigenvalue weighted by molar-refractivity contribution is 5.41. The molecule has 1 N–H and O–H groups in total. The Morgan fingerprint density at radius 3 is 2.39 bits per heavy atom. The highest BCUT2D eigenvalue weighted by Crippen LogP contribution is 2.54. The van der Waals surface area contributed by atoms with Gasteiger partial charge in [-0.1, -0.05) is 95.0 Å². The lowest BCUT2D eigenvalue weighted by Gasteiger charge is -2.30. The van der Waals surface area contributed by atoms with Gasteiger partial charge < -0.3 is 4.98 Å². The third-order valence-electron chi connectivity index (χ3n) is 6.62. The van der Waals surface area contributed by atoms with Crippen LogP contribution in [0.1, 0.15) is 59.1 Å². The molecular formula is C29H42N2. The number of aromatic amines is 1. The molecular weight excluding hydrogens is 376 g/mol. The average molecular weight is 419 g/mol. The standard InChI is InChI=1S/C19H26N2.C8H10.C2H6/c1-5-7-8-18-14(3)20-13-16(18)10-12-21-15(4)19(21)11-9-17(19)6-2;1-2-8-6-4-3-5-7-8;1-2/h5,7-9,11,13,15,17,20H,3,6,10,12H2,1-2,4H3;3-7H,2H2,1H3;1-2H3/b7-5-,18-8+;;. The average Bonchev–Trinajstić information content (AvgIpc) is 3.27. The Morgan fingerprint density at radius 2 is 1.87 bits per heavy atom. The molecule has 1 aliphatic carbocycles. The van der Waals surface area contributed by atoms with Crippen molar-refractivity contribution in [3.8, 4) is 0 Å². The molecule has 0 amide bonds. The molecule has 4 rings (SSSR count). The lowest BCUT2D eigenvalue weighted by atomic mass is 9.77. The first kappa shape index (κ1) is 24.9. The van der Waals surface area contributed by atoms with Crippen molar-refractivity contribution in [2.24, 2.45) is 5.92 Å². The van der Waals surface area contributed by atoms with Crippen molar-refractivity contribution in [3.05, 3.63) is 82.5 Å². The first-order chi connectivity index (χ1) is 15.1. The highest BCUT2D eigenvalue weighted by Gasteiger charge is 2.64. The quantitative estimate of drug-likeness (QED) is 0.475. The molecule has 0 bridgehead atoms. The fourth-order valence-corrected chi connectivity index (χ4v) is 4.66. The Morgan fingerprint density at radius 1 is 1.16 bits per heavy atom. The van der Waals surface area contributed by atoms with Crippen LogP contribution in [0, 0.1) is 5.92 Å². The number of hydrogen-bond acceptors (Lipinski definition) is 1. The molecule has 2 nitrogen and oxygen atoms in total. The molecule has 2 aliphatic rings. The Bertz CT molecular complexity index is 950. The molecule has 31 heavy (non-hydrogen) atoms. The molecule has 1 aromatic heterocycles. The van der Waals surface area contributed by atoms with Gasteiger partial charge in [-0.05, 0) is 44.2 Å². The minimum atomic E-state index is 0.394. The summed E-state index contributed by atoms with van der Waals surface area (Å²) < 4.78 is 0. The van der Waals surface area contributed by atoms with Crippen molar-refractivity contribution in [2.45, 2.75) is 72.4 Å². The van der Waals surface area contributed by atoms with Crippen molar-refractivity contribution in [2.75, 3.05) is 6.54 Å². The highest BCUT2D eigenvalue weighted by atomic mass is 15.4. The lowest BCUT2D eigenvalue weighted by molar-refractivity contribution is 0.348. The predicted octanol–water partition coefficient (Wildman–Crippen LogP) is 5.64. The third-order valence-corrected chi connectivity index (χ3v) is 6.62. The summed E-state index contributed by atoms with van der Waals surface area (Å²) in [5, 5.41) is 2.28. The Kier molecular flexibility index (Phi) is 9.58. The minimum Gasteiger partial charge on any atom is -0.361 e. The maximum Gasteiger partial charge on any atom is 0.0611 e. The summed E-state index contributed by atoms with van der Waals surface area (Å²) in [7, 11) is 0. The number of rotatable bonds is 6. The van der Waals surface area contributed by atoms with E-state index in [0.717, 1.165) is 30.7 Å². The van der Waals surface area contributed by atoms with E-state index in [4.69, 9.17) is 0 Å². The lowest BCUT2D eigenvalue weighted by Crippen LogP contribution is -2.34. The van der Waals surface area contributed by atoms with Crippen LogP contribution in [0.3, 0.4) is 0 Å². The van der Waals surface area contributed by atoms with Crippen LogP contribution in [0.5, 0.6) is 0 Å². The number of benzene rings is 1. The molecule has 1 aromatic carbocycles. The zero-order valence-corrected chi connectivity index (χ0v) is 20.5. The molecule has 1 aliphatic heterocycles. The molecule has 168 valence electrons. The number of aromatic nitrogens is 1. The Hall–Kier alpha value is -2.32. The second-order valence-electron chi connectivity index (χ2n) is 8.12. The van der Waals surface area contributed by atoms with E-state index >= 15 is 0 Å². The van der Waals surface area contributed by atoms with Crippen molar-refractivity contribution < 1.29 is 0 Å². The van der Waals surface area contributed by atoms with Gasteiger partial charge in [-0.2, -0.15) is 0 Å². The molecule has 4 atom stereocenters. The van der Waals surface area contributed by atoms with Gasteiger partial charge in [-0.25, -0.2) is 0 Å². The van der Waals surface area contributed by atoms with Crippen molar-refractivity contribution >= 4 is 12.7 Å². The largest absolute Gasteiger partial charge is 0.361 e. The Balaban J connectivity index is 0.000000286. The summed E-state index contributed by atoms with van der Waals surface area (Å²) in [6.07, 6.45) is 16.7. The summed E-state index contributed by atoms with van der Waals surface area (Å²) in [4.78, 5) is 5.91. The van der Waals surface area contributed by atoms with Crippen molar-refractivity contribution in [3.63, 3.8) is 0 Å². The second kappa shape index (κ2) is 11.9. The van der Waals surface area contributed by atoms with Crippen LogP contribution < -0.4 is 10.6 Å². The van der Waals surface area contributed by atoms with Crippen LogP contribution in [-0.2, 0) is 12.8 Å². The van der Waals surface area contributed by atoms with E-state index in [2.05, 4.69) is 98.1 Å². The van der Waals surface area contributed by atoms with Crippen molar-refractivity contribution in [1.82, 2.24) is 9.88 Å². The van der Waals surface area contributed by atoms with E-state index in [1.54, 1.807) is 0 Å². The molecule has 1 saturated heterocycles. The number of H-pyrrole nitrogens is 1. The van der Waals surface area contributed by atoms with Gasteiger partial charge >= 0.3 is 0 Å². The SMILES string of the molecule is C=c1[nH]cc(CCN2C(C)C23C=CC3CC)/c1=C/C=C\C.CC.CCc1ccccc1.